The fourth-order valence-electron chi connectivity index (χ4n) is 1.70. The Balaban J connectivity index is 1.98. The van der Waals surface area contributed by atoms with Crippen LogP contribution >= 0.6 is 0 Å². The first-order chi connectivity index (χ1) is 8.66. The van der Waals surface area contributed by atoms with E-state index in [1.54, 1.807) is 6.20 Å². The van der Waals surface area contributed by atoms with Crippen molar-refractivity contribution in [2.75, 3.05) is 6.61 Å². The average molecular weight is 243 g/mol. The summed E-state index contributed by atoms with van der Waals surface area (Å²) in [5.41, 5.74) is 2.11. The lowest BCUT2D eigenvalue weighted by Crippen LogP contribution is -2.13. The molecule has 0 radical (unpaired) electrons. The van der Waals surface area contributed by atoms with E-state index in [0.717, 1.165) is 22.9 Å². The minimum absolute atomic E-state index is 0.0664. The van der Waals surface area contributed by atoms with Crippen LogP contribution in [0.4, 0.5) is 0 Å². The number of ether oxygens (including phenoxy) is 1. The van der Waals surface area contributed by atoms with E-state index in [1.165, 1.54) is 0 Å². The molecule has 2 aromatic rings. The summed E-state index contributed by atoms with van der Waals surface area (Å²) in [4.78, 5) is 15.6. The highest BCUT2D eigenvalue weighted by atomic mass is 16.5. The maximum Gasteiger partial charge on any atom is 0.308 e. The normalized spacial score (nSPS) is 10.8. The Hall–Kier alpha value is -1.90. The molecule has 0 aliphatic carbocycles. The molecule has 18 heavy (non-hydrogen) atoms. The smallest absolute Gasteiger partial charge is 0.308 e. The lowest BCUT2D eigenvalue weighted by atomic mass is 10.1. The van der Waals surface area contributed by atoms with Gasteiger partial charge >= 0.3 is 5.97 Å². The number of carbonyl (C=O) groups is 1. The number of fused-ring (bicyclic) bond motifs is 1. The molecule has 0 aliphatic rings. The molecule has 0 N–H and O–H groups in total. The molecule has 0 bridgehead atoms. The minimum atomic E-state index is -0.145. The molecule has 3 heteroatoms. The summed E-state index contributed by atoms with van der Waals surface area (Å²) in [7, 11) is 0. The van der Waals surface area contributed by atoms with Gasteiger partial charge in [0.15, 0.2) is 0 Å². The summed E-state index contributed by atoms with van der Waals surface area (Å²) in [6, 6.07) is 10.1. The highest BCUT2D eigenvalue weighted by Crippen LogP contribution is 2.13. The molecule has 1 heterocycles. The zero-order valence-corrected chi connectivity index (χ0v) is 10.7. The Bertz CT molecular complexity index is 549. The van der Waals surface area contributed by atoms with Crippen LogP contribution < -0.4 is 0 Å². The number of carbonyl (C=O) groups excluding carboxylic acids is 1. The van der Waals surface area contributed by atoms with Gasteiger partial charge in [-0.1, -0.05) is 32.0 Å². The molecule has 0 saturated heterocycles. The number of rotatable bonds is 4. The Labute approximate surface area is 107 Å². The molecule has 0 fully saturated rings. The van der Waals surface area contributed by atoms with Gasteiger partial charge in [0.25, 0.3) is 0 Å². The number of aromatic nitrogens is 1. The second-order valence-corrected chi connectivity index (χ2v) is 4.60. The SMILES string of the molecule is CC(C)C(=O)OCCc1ccc2cccnc2c1. The third kappa shape index (κ3) is 3.06. The monoisotopic (exact) mass is 243 g/mol. The molecule has 0 atom stereocenters. The van der Waals surface area contributed by atoms with Crippen LogP contribution in [0.15, 0.2) is 36.5 Å². The van der Waals surface area contributed by atoms with Crippen molar-refractivity contribution in [3.05, 3.63) is 42.1 Å². The number of esters is 1. The van der Waals surface area contributed by atoms with Crippen LogP contribution in [0.25, 0.3) is 10.9 Å². The number of hydrogen-bond acceptors (Lipinski definition) is 3. The van der Waals surface area contributed by atoms with Crippen molar-refractivity contribution in [3.63, 3.8) is 0 Å². The van der Waals surface area contributed by atoms with E-state index in [0.29, 0.717) is 6.61 Å². The number of nitrogens with zero attached hydrogens (tertiary/aromatic N) is 1. The molecule has 1 aromatic carbocycles. The summed E-state index contributed by atoms with van der Waals surface area (Å²) in [5.74, 6) is -0.211. The molecule has 94 valence electrons. The van der Waals surface area contributed by atoms with Crippen LogP contribution in [0.3, 0.4) is 0 Å². The first-order valence-electron chi connectivity index (χ1n) is 6.17. The quantitative estimate of drug-likeness (QED) is 0.775. The Morgan fingerprint density at radius 3 is 2.94 bits per heavy atom. The van der Waals surface area contributed by atoms with E-state index in [9.17, 15) is 4.79 Å². The standard InChI is InChI=1S/C15H17NO2/c1-11(2)15(17)18-9-7-12-5-6-13-4-3-8-16-14(13)10-12/h3-6,8,10-11H,7,9H2,1-2H3. The van der Waals surface area contributed by atoms with Gasteiger partial charge in [0.2, 0.25) is 0 Å². The van der Waals surface area contributed by atoms with Gasteiger partial charge in [-0.3, -0.25) is 9.78 Å². The van der Waals surface area contributed by atoms with E-state index in [1.807, 2.05) is 44.2 Å². The second kappa shape index (κ2) is 5.63. The molecule has 1 aromatic heterocycles. The highest BCUT2D eigenvalue weighted by Gasteiger charge is 2.07. The van der Waals surface area contributed by atoms with Gasteiger partial charge in [0.1, 0.15) is 0 Å². The highest BCUT2D eigenvalue weighted by molar-refractivity contribution is 5.78. The van der Waals surface area contributed by atoms with Crippen molar-refractivity contribution in [2.24, 2.45) is 5.92 Å². The van der Waals surface area contributed by atoms with Crippen LogP contribution in [0.2, 0.25) is 0 Å². The molecule has 0 amide bonds. The van der Waals surface area contributed by atoms with E-state index < -0.39 is 0 Å². The van der Waals surface area contributed by atoms with Gasteiger partial charge in [-0.25, -0.2) is 0 Å². The fourth-order valence-corrected chi connectivity index (χ4v) is 1.70. The second-order valence-electron chi connectivity index (χ2n) is 4.60. The fraction of sp³-hybridized carbons (Fsp3) is 0.333. The van der Waals surface area contributed by atoms with Crippen molar-refractivity contribution in [1.29, 1.82) is 0 Å². The molecular formula is C15H17NO2. The number of pyridine rings is 1. The summed E-state index contributed by atoms with van der Waals surface area (Å²) < 4.78 is 5.16. The summed E-state index contributed by atoms with van der Waals surface area (Å²) in [5, 5.41) is 1.13. The minimum Gasteiger partial charge on any atom is -0.465 e. The maximum atomic E-state index is 11.3. The van der Waals surface area contributed by atoms with Crippen molar-refractivity contribution < 1.29 is 9.53 Å². The molecule has 0 aliphatic heterocycles. The Morgan fingerprint density at radius 2 is 2.17 bits per heavy atom. The van der Waals surface area contributed by atoms with E-state index in [-0.39, 0.29) is 11.9 Å². The molecule has 3 nitrogen and oxygen atoms in total. The summed E-state index contributed by atoms with van der Waals surface area (Å²) in [6.07, 6.45) is 2.51. The van der Waals surface area contributed by atoms with Crippen LogP contribution in [-0.2, 0) is 16.0 Å². The number of benzene rings is 1. The van der Waals surface area contributed by atoms with Crippen molar-refractivity contribution in [1.82, 2.24) is 4.98 Å². The third-order valence-corrected chi connectivity index (χ3v) is 2.78. The lowest BCUT2D eigenvalue weighted by molar-refractivity contribution is -0.147. The van der Waals surface area contributed by atoms with Crippen molar-refractivity contribution >= 4 is 16.9 Å². The molecule has 2 rings (SSSR count). The molecule has 0 saturated carbocycles. The molecular weight excluding hydrogens is 226 g/mol. The zero-order valence-electron chi connectivity index (χ0n) is 10.7. The largest absolute Gasteiger partial charge is 0.465 e. The maximum absolute atomic E-state index is 11.3. The Morgan fingerprint density at radius 1 is 1.33 bits per heavy atom. The van der Waals surface area contributed by atoms with Crippen molar-refractivity contribution in [3.8, 4) is 0 Å². The van der Waals surface area contributed by atoms with Crippen LogP contribution in [0.1, 0.15) is 19.4 Å². The first kappa shape index (κ1) is 12.6. The van der Waals surface area contributed by atoms with Gasteiger partial charge in [0.05, 0.1) is 18.0 Å². The lowest BCUT2D eigenvalue weighted by Gasteiger charge is -2.07. The molecule has 0 spiro atoms. The van der Waals surface area contributed by atoms with E-state index in [4.69, 9.17) is 4.74 Å². The summed E-state index contributed by atoms with van der Waals surface area (Å²) >= 11 is 0. The van der Waals surface area contributed by atoms with Gasteiger partial charge in [-0.05, 0) is 17.7 Å². The molecule has 0 unspecified atom stereocenters. The van der Waals surface area contributed by atoms with Gasteiger partial charge in [-0.15, -0.1) is 0 Å². The first-order valence-corrected chi connectivity index (χ1v) is 6.17. The van der Waals surface area contributed by atoms with E-state index in [2.05, 4.69) is 4.98 Å². The predicted octanol–water partition coefficient (Wildman–Crippen LogP) is 2.98. The van der Waals surface area contributed by atoms with Crippen LogP contribution in [-0.4, -0.2) is 17.6 Å². The topological polar surface area (TPSA) is 39.2 Å². The van der Waals surface area contributed by atoms with Crippen LogP contribution in [0, 0.1) is 5.92 Å². The van der Waals surface area contributed by atoms with Crippen LogP contribution in [0.5, 0.6) is 0 Å². The van der Waals surface area contributed by atoms with Gasteiger partial charge < -0.3 is 4.74 Å². The van der Waals surface area contributed by atoms with E-state index >= 15 is 0 Å². The number of hydrogen-bond donors (Lipinski definition) is 0. The Kier molecular flexibility index (Phi) is 3.92. The summed E-state index contributed by atoms with van der Waals surface area (Å²) in [6.45, 7) is 4.10. The zero-order chi connectivity index (χ0) is 13.0. The predicted molar refractivity (Wildman–Crippen MR) is 71.2 cm³/mol. The third-order valence-electron chi connectivity index (χ3n) is 2.78. The average Bonchev–Trinajstić information content (AvgIpc) is 2.38. The van der Waals surface area contributed by atoms with Crippen molar-refractivity contribution in [2.45, 2.75) is 20.3 Å². The van der Waals surface area contributed by atoms with Gasteiger partial charge in [0, 0.05) is 18.0 Å². The van der Waals surface area contributed by atoms with Gasteiger partial charge in [-0.2, -0.15) is 0 Å².